The first-order valence-corrected chi connectivity index (χ1v) is 10.1. The lowest BCUT2D eigenvalue weighted by Crippen LogP contribution is -2.42. The zero-order valence-electron chi connectivity index (χ0n) is 14.5. The standard InChI is InChI=1S/C7H16N2O2S.C5H14N2O2S/c1-6(2)8-12(10,11)9(3)7-4-5-7;1-5(2)6-10(8,9)7(3)4/h6-8H,4-5H2,1-3H3;5-6H,1-4H3. The monoisotopic (exact) mass is 358 g/mol. The van der Waals surface area contributed by atoms with Gasteiger partial charge in [-0.05, 0) is 40.5 Å². The van der Waals surface area contributed by atoms with Crippen molar-refractivity contribution in [2.45, 2.75) is 58.7 Å². The van der Waals surface area contributed by atoms with Crippen LogP contribution in [0.15, 0.2) is 0 Å². The predicted octanol–water partition coefficient (Wildman–Crippen LogP) is 0.114. The molecule has 0 unspecified atom stereocenters. The largest absolute Gasteiger partial charge is 0.279 e. The molecule has 1 rings (SSSR count). The second-order valence-electron chi connectivity index (χ2n) is 6.08. The first kappa shape index (κ1) is 21.7. The van der Waals surface area contributed by atoms with Crippen LogP contribution in [0, 0.1) is 0 Å². The van der Waals surface area contributed by atoms with E-state index in [0.29, 0.717) is 0 Å². The summed E-state index contributed by atoms with van der Waals surface area (Å²) in [6.45, 7) is 7.19. The molecule has 0 amide bonds. The van der Waals surface area contributed by atoms with Crippen molar-refractivity contribution in [3.8, 4) is 0 Å². The van der Waals surface area contributed by atoms with Crippen molar-refractivity contribution in [2.75, 3.05) is 21.1 Å². The number of nitrogens with one attached hydrogen (secondary N) is 2. The Hall–Kier alpha value is -0.260. The van der Waals surface area contributed by atoms with Crippen molar-refractivity contribution in [2.24, 2.45) is 0 Å². The molecule has 0 aliphatic heterocycles. The van der Waals surface area contributed by atoms with Crippen LogP contribution >= 0.6 is 0 Å². The lowest BCUT2D eigenvalue weighted by Gasteiger charge is -2.18. The normalized spacial score (nSPS) is 16.3. The number of rotatable bonds is 7. The number of hydrogen-bond donors (Lipinski definition) is 2. The van der Waals surface area contributed by atoms with Crippen molar-refractivity contribution in [1.82, 2.24) is 18.1 Å². The van der Waals surface area contributed by atoms with Gasteiger partial charge in [-0.1, -0.05) is 0 Å². The SMILES string of the molecule is CC(C)NS(=O)(=O)N(C)C.CC(C)NS(=O)(=O)N(C)C1CC1. The molecule has 8 nitrogen and oxygen atoms in total. The van der Waals surface area contributed by atoms with E-state index < -0.39 is 20.4 Å². The summed E-state index contributed by atoms with van der Waals surface area (Å²) < 4.78 is 52.3. The van der Waals surface area contributed by atoms with Gasteiger partial charge in [-0.25, -0.2) is 0 Å². The second-order valence-corrected chi connectivity index (χ2v) is 9.76. The zero-order valence-corrected chi connectivity index (χ0v) is 16.1. The molecule has 0 atom stereocenters. The highest BCUT2D eigenvalue weighted by molar-refractivity contribution is 7.87. The summed E-state index contributed by atoms with van der Waals surface area (Å²) in [6.07, 6.45) is 1.99. The minimum absolute atomic E-state index is 0.0313. The van der Waals surface area contributed by atoms with Gasteiger partial charge in [0.15, 0.2) is 0 Å². The molecular weight excluding hydrogens is 328 g/mol. The van der Waals surface area contributed by atoms with E-state index in [2.05, 4.69) is 9.44 Å². The summed E-state index contributed by atoms with van der Waals surface area (Å²) in [5.74, 6) is 0. The Morgan fingerprint density at radius 1 is 0.818 bits per heavy atom. The Morgan fingerprint density at radius 3 is 1.41 bits per heavy atom. The number of nitrogens with zero attached hydrogens (tertiary/aromatic N) is 2. The van der Waals surface area contributed by atoms with Gasteiger partial charge in [0.25, 0.3) is 20.4 Å². The van der Waals surface area contributed by atoms with Crippen LogP contribution < -0.4 is 9.44 Å². The summed E-state index contributed by atoms with van der Waals surface area (Å²) in [4.78, 5) is 0. The van der Waals surface area contributed by atoms with Crippen LogP contribution in [0.3, 0.4) is 0 Å². The maximum atomic E-state index is 11.4. The zero-order chi connectivity index (χ0) is 17.7. The molecule has 0 spiro atoms. The first-order chi connectivity index (χ1) is 9.79. The molecule has 10 heteroatoms. The molecule has 22 heavy (non-hydrogen) atoms. The van der Waals surface area contributed by atoms with Crippen LogP contribution in [-0.4, -0.2) is 64.7 Å². The van der Waals surface area contributed by atoms with E-state index >= 15 is 0 Å². The molecule has 134 valence electrons. The molecule has 0 saturated heterocycles. The molecule has 0 aromatic carbocycles. The Balaban J connectivity index is 0.000000409. The third-order valence-electron chi connectivity index (χ3n) is 2.69. The Labute approximate surface area is 135 Å². The summed E-state index contributed by atoms with van der Waals surface area (Å²) in [6, 6.07) is 0.157. The van der Waals surface area contributed by atoms with Gasteiger partial charge >= 0.3 is 0 Å². The van der Waals surface area contributed by atoms with E-state index in [1.807, 2.05) is 13.8 Å². The molecule has 1 fully saturated rings. The average Bonchev–Trinajstić information content (AvgIpc) is 3.08. The van der Waals surface area contributed by atoms with Gasteiger partial charge in [-0.3, -0.25) is 0 Å². The molecule has 0 bridgehead atoms. The maximum absolute atomic E-state index is 11.4. The van der Waals surface area contributed by atoms with Crippen LogP contribution in [0.5, 0.6) is 0 Å². The fourth-order valence-corrected chi connectivity index (χ4v) is 3.59. The average molecular weight is 359 g/mol. The van der Waals surface area contributed by atoms with Crippen LogP contribution in [-0.2, 0) is 20.4 Å². The molecule has 0 radical (unpaired) electrons. The topological polar surface area (TPSA) is 98.8 Å². The molecule has 1 aliphatic carbocycles. The van der Waals surface area contributed by atoms with E-state index in [1.54, 1.807) is 20.9 Å². The van der Waals surface area contributed by atoms with Crippen LogP contribution in [0.1, 0.15) is 40.5 Å². The molecule has 0 aromatic heterocycles. The lowest BCUT2D eigenvalue weighted by molar-refractivity contribution is 0.447. The molecule has 2 N–H and O–H groups in total. The van der Waals surface area contributed by atoms with Gasteiger partial charge < -0.3 is 0 Å². The molecule has 0 heterocycles. The minimum atomic E-state index is -3.21. The summed E-state index contributed by atoms with van der Waals surface area (Å²) in [5.41, 5.74) is 0. The lowest BCUT2D eigenvalue weighted by atomic mass is 10.4. The summed E-state index contributed by atoms with van der Waals surface area (Å²) >= 11 is 0. The van der Waals surface area contributed by atoms with Crippen molar-refractivity contribution in [3.05, 3.63) is 0 Å². The van der Waals surface area contributed by atoms with Crippen LogP contribution in [0.2, 0.25) is 0 Å². The highest BCUT2D eigenvalue weighted by Gasteiger charge is 2.34. The highest BCUT2D eigenvalue weighted by Crippen LogP contribution is 2.26. The van der Waals surface area contributed by atoms with E-state index in [1.165, 1.54) is 18.4 Å². The van der Waals surface area contributed by atoms with Gasteiger partial charge in [0.2, 0.25) is 0 Å². The smallest absolute Gasteiger partial charge is 0.200 e. The number of hydrogen-bond acceptors (Lipinski definition) is 4. The van der Waals surface area contributed by atoms with E-state index in [4.69, 9.17) is 0 Å². The molecule has 1 aliphatic rings. The summed E-state index contributed by atoms with van der Waals surface area (Å²) in [7, 11) is -1.82. The molecule has 0 aromatic rings. The van der Waals surface area contributed by atoms with Crippen molar-refractivity contribution >= 4 is 20.4 Å². The third-order valence-corrected chi connectivity index (χ3v) is 6.25. The Kier molecular flexibility index (Phi) is 8.45. The predicted molar refractivity (Wildman–Crippen MR) is 88.9 cm³/mol. The van der Waals surface area contributed by atoms with Crippen LogP contribution in [0.25, 0.3) is 0 Å². The second kappa shape index (κ2) is 8.55. The fourth-order valence-electron chi connectivity index (χ4n) is 1.42. The van der Waals surface area contributed by atoms with Crippen molar-refractivity contribution in [3.63, 3.8) is 0 Å². The molecular formula is C12H30N4O4S2. The summed E-state index contributed by atoms with van der Waals surface area (Å²) in [5, 5.41) is 0. The highest BCUT2D eigenvalue weighted by atomic mass is 32.2. The Morgan fingerprint density at radius 2 is 1.18 bits per heavy atom. The van der Waals surface area contributed by atoms with E-state index in [0.717, 1.165) is 17.1 Å². The Bertz CT molecular complexity index is 525. The van der Waals surface area contributed by atoms with Gasteiger partial charge in [-0.2, -0.15) is 34.9 Å². The minimum Gasteiger partial charge on any atom is -0.200 e. The van der Waals surface area contributed by atoms with Crippen molar-refractivity contribution in [1.29, 1.82) is 0 Å². The fraction of sp³-hybridized carbons (Fsp3) is 1.00. The van der Waals surface area contributed by atoms with Crippen LogP contribution in [0.4, 0.5) is 0 Å². The maximum Gasteiger partial charge on any atom is 0.279 e. The van der Waals surface area contributed by atoms with Crippen molar-refractivity contribution < 1.29 is 16.8 Å². The van der Waals surface area contributed by atoms with E-state index in [-0.39, 0.29) is 18.1 Å². The van der Waals surface area contributed by atoms with Gasteiger partial charge in [0.1, 0.15) is 0 Å². The quantitative estimate of drug-likeness (QED) is 0.675. The van der Waals surface area contributed by atoms with Gasteiger partial charge in [-0.15, -0.1) is 0 Å². The third kappa shape index (κ3) is 8.39. The van der Waals surface area contributed by atoms with Gasteiger partial charge in [0.05, 0.1) is 0 Å². The van der Waals surface area contributed by atoms with Gasteiger partial charge in [0, 0.05) is 39.3 Å². The molecule has 1 saturated carbocycles. The first-order valence-electron chi connectivity index (χ1n) is 7.24. The van der Waals surface area contributed by atoms with E-state index in [9.17, 15) is 16.8 Å².